The van der Waals surface area contributed by atoms with Gasteiger partial charge in [-0.2, -0.15) is 21.6 Å². The summed E-state index contributed by atoms with van der Waals surface area (Å²) >= 11 is 0.860. The van der Waals surface area contributed by atoms with Crippen molar-refractivity contribution in [3.8, 4) is 0 Å². The molecule has 1 aromatic heterocycles. The van der Waals surface area contributed by atoms with Gasteiger partial charge in [-0.25, -0.2) is 9.59 Å². The lowest BCUT2D eigenvalue weighted by molar-refractivity contribution is -0.142. The molecule has 0 aliphatic heterocycles. The van der Waals surface area contributed by atoms with Crippen molar-refractivity contribution >= 4 is 39.0 Å². The Hall–Kier alpha value is -2.08. The Kier molecular flexibility index (Phi) is 6.99. The molecule has 0 N–H and O–H groups in total. The molecule has 0 unspecified atom stereocenters. The quantitative estimate of drug-likeness (QED) is 0.227. The highest BCUT2D eigenvalue weighted by atomic mass is 32.2. The number of alkyl halides is 3. The average Bonchev–Trinajstić information content (AvgIpc) is 2.99. The Morgan fingerprint density at radius 2 is 1.68 bits per heavy atom. The summed E-state index contributed by atoms with van der Waals surface area (Å²) in [5.41, 5.74) is -6.58. The minimum absolute atomic E-state index is 0.0288. The van der Waals surface area contributed by atoms with Crippen LogP contribution in [0.25, 0.3) is 5.57 Å². The second-order valence-electron chi connectivity index (χ2n) is 4.11. The summed E-state index contributed by atoms with van der Waals surface area (Å²) in [6.45, 7) is 2.29. The van der Waals surface area contributed by atoms with E-state index < -0.39 is 38.9 Å². The SMILES string of the molecule is CCOC(=O)/C(OS(=O)(=O)C(F)(F)F)=C(/C(=O)OCC)c1cccs1. The van der Waals surface area contributed by atoms with E-state index in [1.807, 2.05) is 0 Å². The van der Waals surface area contributed by atoms with Crippen molar-refractivity contribution in [1.29, 1.82) is 0 Å². The first-order chi connectivity index (χ1) is 11.5. The summed E-state index contributed by atoms with van der Waals surface area (Å²) in [6.07, 6.45) is 0. The molecule has 1 heterocycles. The molecule has 1 rings (SSSR count). The highest BCUT2D eigenvalue weighted by Crippen LogP contribution is 2.32. The number of rotatable bonds is 7. The first-order valence-corrected chi connectivity index (χ1v) is 8.97. The van der Waals surface area contributed by atoms with Crippen LogP contribution in [-0.2, 0) is 33.4 Å². The minimum atomic E-state index is -6.21. The zero-order chi connectivity index (χ0) is 19.3. The molecular weight excluding hydrogens is 389 g/mol. The molecule has 0 saturated carbocycles. The third-order valence-corrected chi connectivity index (χ3v) is 4.25. The summed E-state index contributed by atoms with van der Waals surface area (Å²) in [6, 6.07) is 2.71. The highest BCUT2D eigenvalue weighted by molar-refractivity contribution is 7.87. The van der Waals surface area contributed by atoms with Crippen LogP contribution in [0.4, 0.5) is 13.2 Å². The molecule has 0 spiro atoms. The zero-order valence-electron chi connectivity index (χ0n) is 13.0. The van der Waals surface area contributed by atoms with E-state index in [1.54, 1.807) is 0 Å². The van der Waals surface area contributed by atoms with E-state index >= 15 is 0 Å². The van der Waals surface area contributed by atoms with E-state index in [1.165, 1.54) is 31.4 Å². The predicted molar refractivity (Wildman–Crippen MR) is 80.6 cm³/mol. The van der Waals surface area contributed by atoms with E-state index in [4.69, 9.17) is 0 Å². The molecule has 0 aliphatic carbocycles. The number of ether oxygens (including phenoxy) is 2. The third kappa shape index (κ3) is 5.19. The molecule has 0 fully saturated rings. The molecular formula is C13H13F3O7S2. The molecule has 0 aromatic carbocycles. The van der Waals surface area contributed by atoms with Gasteiger partial charge in [-0.1, -0.05) is 6.07 Å². The molecule has 140 valence electrons. The van der Waals surface area contributed by atoms with E-state index in [2.05, 4.69) is 13.7 Å². The second-order valence-corrected chi connectivity index (χ2v) is 6.59. The fraction of sp³-hybridized carbons (Fsp3) is 0.385. The Balaban J connectivity index is 3.60. The van der Waals surface area contributed by atoms with Crippen molar-refractivity contribution < 1.29 is 44.8 Å². The lowest BCUT2D eigenvalue weighted by Crippen LogP contribution is -2.29. The molecule has 0 aliphatic rings. The summed E-state index contributed by atoms with van der Waals surface area (Å²) in [5.74, 6) is -4.20. The normalized spacial score (nSPS) is 13.0. The fourth-order valence-electron chi connectivity index (χ4n) is 1.46. The maximum absolute atomic E-state index is 12.6. The summed E-state index contributed by atoms with van der Waals surface area (Å²) < 4.78 is 73.5. The number of carbonyl (C=O) groups is 2. The van der Waals surface area contributed by atoms with Gasteiger partial charge in [0, 0.05) is 4.88 Å². The van der Waals surface area contributed by atoms with Gasteiger partial charge in [0.1, 0.15) is 5.57 Å². The molecule has 0 amide bonds. The lowest BCUT2D eigenvalue weighted by atomic mass is 10.2. The van der Waals surface area contributed by atoms with E-state index in [9.17, 15) is 31.2 Å². The molecule has 7 nitrogen and oxygen atoms in total. The topological polar surface area (TPSA) is 96.0 Å². The van der Waals surface area contributed by atoms with Crippen LogP contribution >= 0.6 is 11.3 Å². The Morgan fingerprint density at radius 3 is 2.12 bits per heavy atom. The van der Waals surface area contributed by atoms with Gasteiger partial charge in [0.2, 0.25) is 5.76 Å². The van der Waals surface area contributed by atoms with Crippen LogP contribution in [0.1, 0.15) is 18.7 Å². The van der Waals surface area contributed by atoms with Crippen LogP contribution in [0.15, 0.2) is 23.3 Å². The molecule has 1 aromatic rings. The Labute approximate surface area is 145 Å². The second kappa shape index (κ2) is 8.34. The average molecular weight is 402 g/mol. The van der Waals surface area contributed by atoms with Crippen LogP contribution in [0.2, 0.25) is 0 Å². The van der Waals surface area contributed by atoms with Gasteiger partial charge in [0.25, 0.3) is 0 Å². The van der Waals surface area contributed by atoms with Crippen LogP contribution in [0.3, 0.4) is 0 Å². The molecule has 25 heavy (non-hydrogen) atoms. The van der Waals surface area contributed by atoms with E-state index in [0.717, 1.165) is 11.3 Å². The van der Waals surface area contributed by atoms with Crippen LogP contribution in [-0.4, -0.2) is 39.1 Å². The summed E-state index contributed by atoms with van der Waals surface area (Å²) in [7, 11) is -6.21. The molecule has 0 radical (unpaired) electrons. The Morgan fingerprint density at radius 1 is 1.12 bits per heavy atom. The number of carbonyl (C=O) groups excluding carboxylic acids is 2. The maximum atomic E-state index is 12.6. The summed E-state index contributed by atoms with van der Waals surface area (Å²) in [5, 5.41) is 1.45. The van der Waals surface area contributed by atoms with E-state index in [-0.39, 0.29) is 18.1 Å². The van der Waals surface area contributed by atoms with Crippen molar-refractivity contribution in [1.82, 2.24) is 0 Å². The minimum Gasteiger partial charge on any atom is -0.462 e. The van der Waals surface area contributed by atoms with Crippen LogP contribution < -0.4 is 0 Å². The first kappa shape index (κ1) is 21.0. The smallest absolute Gasteiger partial charge is 0.462 e. The van der Waals surface area contributed by atoms with Crippen LogP contribution in [0, 0.1) is 0 Å². The van der Waals surface area contributed by atoms with Crippen LogP contribution in [0.5, 0.6) is 0 Å². The Bertz CT molecular complexity index is 749. The van der Waals surface area contributed by atoms with Gasteiger partial charge in [-0.3, -0.25) is 0 Å². The number of hydrogen-bond acceptors (Lipinski definition) is 8. The molecule has 12 heteroatoms. The molecule has 0 atom stereocenters. The van der Waals surface area contributed by atoms with Gasteiger partial charge < -0.3 is 13.7 Å². The van der Waals surface area contributed by atoms with Crippen molar-refractivity contribution in [2.75, 3.05) is 13.2 Å². The van der Waals surface area contributed by atoms with Gasteiger partial charge in [0.15, 0.2) is 0 Å². The highest BCUT2D eigenvalue weighted by Gasteiger charge is 2.50. The van der Waals surface area contributed by atoms with Gasteiger partial charge in [-0.15, -0.1) is 11.3 Å². The van der Waals surface area contributed by atoms with Gasteiger partial charge in [-0.05, 0) is 25.3 Å². The van der Waals surface area contributed by atoms with Gasteiger partial charge in [0.05, 0.1) is 13.2 Å². The third-order valence-electron chi connectivity index (χ3n) is 2.41. The summed E-state index contributed by atoms with van der Waals surface area (Å²) in [4.78, 5) is 24.0. The fourth-order valence-corrected chi connectivity index (χ4v) is 2.68. The monoisotopic (exact) mass is 402 g/mol. The number of thiophene rings is 1. The van der Waals surface area contributed by atoms with E-state index in [0.29, 0.717) is 0 Å². The van der Waals surface area contributed by atoms with Crippen molar-refractivity contribution in [2.45, 2.75) is 19.4 Å². The first-order valence-electron chi connectivity index (χ1n) is 6.68. The van der Waals surface area contributed by atoms with Gasteiger partial charge >= 0.3 is 27.6 Å². The zero-order valence-corrected chi connectivity index (χ0v) is 14.6. The van der Waals surface area contributed by atoms with Crippen molar-refractivity contribution in [3.05, 3.63) is 28.1 Å². The predicted octanol–water partition coefficient (Wildman–Crippen LogP) is 2.45. The largest absolute Gasteiger partial charge is 0.534 e. The number of halogens is 3. The maximum Gasteiger partial charge on any atom is 0.534 e. The standard InChI is InChI=1S/C13H13F3O7S2/c1-3-21-11(17)9(8-6-5-7-24-8)10(12(18)22-4-2)23-25(19,20)13(14,15)16/h5-7H,3-4H2,1-2H3/b10-9-. The molecule has 0 bridgehead atoms. The lowest BCUT2D eigenvalue weighted by Gasteiger charge is -2.14. The van der Waals surface area contributed by atoms with Crippen molar-refractivity contribution in [2.24, 2.45) is 0 Å². The number of hydrogen-bond donors (Lipinski definition) is 0. The number of esters is 2. The molecule has 0 saturated heterocycles. The van der Waals surface area contributed by atoms with Crippen molar-refractivity contribution in [3.63, 3.8) is 0 Å².